The van der Waals surface area contributed by atoms with Crippen molar-refractivity contribution in [1.82, 2.24) is 4.37 Å². The van der Waals surface area contributed by atoms with Crippen molar-refractivity contribution in [2.45, 2.75) is 26.2 Å². The molecule has 0 amide bonds. The lowest BCUT2D eigenvalue weighted by Gasteiger charge is -2.15. The van der Waals surface area contributed by atoms with Gasteiger partial charge in [0.25, 0.3) is 0 Å². The van der Waals surface area contributed by atoms with E-state index in [0.29, 0.717) is 0 Å². The van der Waals surface area contributed by atoms with E-state index in [0.717, 1.165) is 10.6 Å². The van der Waals surface area contributed by atoms with E-state index in [1.807, 2.05) is 13.0 Å². The zero-order chi connectivity index (χ0) is 9.35. The second-order valence-electron chi connectivity index (χ2n) is 3.26. The minimum Gasteiger partial charge on any atom is -0.481 e. The van der Waals surface area contributed by atoms with Crippen LogP contribution in [-0.2, 0) is 10.2 Å². The highest BCUT2D eigenvalue weighted by Gasteiger charge is 2.31. The third-order valence-electron chi connectivity index (χ3n) is 1.78. The fraction of sp³-hybridized carbons (Fsp3) is 0.500. The largest absolute Gasteiger partial charge is 0.481 e. The van der Waals surface area contributed by atoms with Crippen molar-refractivity contribution in [2.75, 3.05) is 0 Å². The molecule has 1 rings (SSSR count). The summed E-state index contributed by atoms with van der Waals surface area (Å²) in [4.78, 5) is 11.6. The molecule has 0 aliphatic heterocycles. The summed E-state index contributed by atoms with van der Waals surface area (Å²) in [6, 6.07) is 1.82. The smallest absolute Gasteiger partial charge is 0.314 e. The van der Waals surface area contributed by atoms with Gasteiger partial charge in [-0.25, -0.2) is 0 Å². The predicted octanol–water partition coefficient (Wildman–Crippen LogP) is 1.81. The van der Waals surface area contributed by atoms with Gasteiger partial charge in [0.2, 0.25) is 0 Å². The highest BCUT2D eigenvalue weighted by Crippen LogP contribution is 2.27. The Hall–Kier alpha value is -0.900. The number of rotatable bonds is 2. The molecule has 1 aromatic rings. The molecule has 0 spiro atoms. The molecule has 0 aliphatic carbocycles. The van der Waals surface area contributed by atoms with Crippen LogP contribution < -0.4 is 0 Å². The third-order valence-corrected chi connectivity index (χ3v) is 2.98. The molecule has 0 atom stereocenters. The predicted molar refractivity (Wildman–Crippen MR) is 47.5 cm³/mol. The Labute approximate surface area is 75.2 Å². The molecule has 1 aromatic heterocycles. The molecule has 4 heteroatoms. The van der Waals surface area contributed by atoms with Gasteiger partial charge in [0.05, 0.1) is 11.1 Å². The zero-order valence-electron chi connectivity index (χ0n) is 7.29. The van der Waals surface area contributed by atoms with Gasteiger partial charge in [-0.1, -0.05) is 0 Å². The Balaban J connectivity index is 3.05. The van der Waals surface area contributed by atoms with E-state index in [1.165, 1.54) is 11.5 Å². The molecule has 0 fully saturated rings. The van der Waals surface area contributed by atoms with Crippen molar-refractivity contribution in [3.05, 3.63) is 16.6 Å². The molecule has 1 N–H and O–H groups in total. The number of hydrogen-bond acceptors (Lipinski definition) is 3. The second-order valence-corrected chi connectivity index (χ2v) is 4.07. The lowest BCUT2D eigenvalue weighted by molar-refractivity contribution is -0.142. The van der Waals surface area contributed by atoms with E-state index in [4.69, 9.17) is 5.11 Å². The van der Waals surface area contributed by atoms with Crippen molar-refractivity contribution in [2.24, 2.45) is 0 Å². The molecule has 12 heavy (non-hydrogen) atoms. The van der Waals surface area contributed by atoms with Gasteiger partial charge in [-0.05, 0) is 38.4 Å². The molecule has 0 aliphatic rings. The average molecular weight is 185 g/mol. The molecule has 0 unspecified atom stereocenters. The molecule has 1 heterocycles. The van der Waals surface area contributed by atoms with Crippen LogP contribution in [0.4, 0.5) is 0 Å². The Morgan fingerprint density at radius 1 is 1.67 bits per heavy atom. The van der Waals surface area contributed by atoms with E-state index in [1.54, 1.807) is 13.8 Å². The Morgan fingerprint density at radius 2 is 2.25 bits per heavy atom. The monoisotopic (exact) mass is 185 g/mol. The second kappa shape index (κ2) is 2.86. The Kier molecular flexibility index (Phi) is 2.19. The van der Waals surface area contributed by atoms with Gasteiger partial charge in [-0.15, -0.1) is 0 Å². The van der Waals surface area contributed by atoms with Gasteiger partial charge >= 0.3 is 5.97 Å². The fourth-order valence-corrected chi connectivity index (χ4v) is 1.60. The zero-order valence-corrected chi connectivity index (χ0v) is 8.10. The van der Waals surface area contributed by atoms with Crippen LogP contribution in [-0.4, -0.2) is 15.4 Å². The first-order valence-electron chi connectivity index (χ1n) is 3.62. The SMILES string of the molecule is Cc1cc(C(C)(C)C(=O)O)sn1. The van der Waals surface area contributed by atoms with E-state index in [-0.39, 0.29) is 0 Å². The highest BCUT2D eigenvalue weighted by molar-refractivity contribution is 7.06. The molecule has 3 nitrogen and oxygen atoms in total. The van der Waals surface area contributed by atoms with Crippen LogP contribution in [0, 0.1) is 6.92 Å². The van der Waals surface area contributed by atoms with Gasteiger partial charge in [0, 0.05) is 4.88 Å². The van der Waals surface area contributed by atoms with Crippen molar-refractivity contribution >= 4 is 17.5 Å². The van der Waals surface area contributed by atoms with Crippen molar-refractivity contribution in [3.8, 4) is 0 Å². The number of carboxylic acids is 1. The minimum absolute atomic E-state index is 0.799. The minimum atomic E-state index is -0.814. The van der Waals surface area contributed by atoms with Gasteiger partial charge in [-0.3, -0.25) is 4.79 Å². The van der Waals surface area contributed by atoms with Crippen LogP contribution in [0.1, 0.15) is 24.4 Å². The summed E-state index contributed by atoms with van der Waals surface area (Å²) < 4.78 is 4.04. The number of carboxylic acid groups (broad SMARTS) is 1. The van der Waals surface area contributed by atoms with Crippen LogP contribution in [0.25, 0.3) is 0 Å². The normalized spacial score (nSPS) is 11.6. The number of carbonyl (C=O) groups is 1. The van der Waals surface area contributed by atoms with E-state index in [2.05, 4.69) is 4.37 Å². The summed E-state index contributed by atoms with van der Waals surface area (Å²) >= 11 is 1.25. The quantitative estimate of drug-likeness (QED) is 0.764. The molecule has 66 valence electrons. The molecule has 0 saturated heterocycles. The Bertz CT molecular complexity index is 304. The standard InChI is InChI=1S/C8H11NO2S/c1-5-4-6(12-9-5)8(2,3)7(10)11/h4H,1-3H3,(H,10,11). The molecule has 0 saturated carbocycles. The van der Waals surface area contributed by atoms with Crippen LogP contribution in [0.3, 0.4) is 0 Å². The molecular weight excluding hydrogens is 174 g/mol. The maximum absolute atomic E-state index is 10.8. The topological polar surface area (TPSA) is 50.2 Å². The molecular formula is C8H11NO2S. The third kappa shape index (κ3) is 1.48. The summed E-state index contributed by atoms with van der Waals surface area (Å²) in [7, 11) is 0. The summed E-state index contributed by atoms with van der Waals surface area (Å²) in [5.74, 6) is -0.814. The summed E-state index contributed by atoms with van der Waals surface area (Å²) in [5, 5.41) is 8.88. The first-order chi connectivity index (χ1) is 5.44. The van der Waals surface area contributed by atoms with E-state index in [9.17, 15) is 4.79 Å². The number of hydrogen-bond donors (Lipinski definition) is 1. The highest BCUT2D eigenvalue weighted by atomic mass is 32.1. The Morgan fingerprint density at radius 3 is 2.58 bits per heavy atom. The molecule has 0 radical (unpaired) electrons. The number of aryl methyl sites for hydroxylation is 1. The van der Waals surface area contributed by atoms with Gasteiger partial charge in [0.15, 0.2) is 0 Å². The average Bonchev–Trinajstić information content (AvgIpc) is 2.35. The van der Waals surface area contributed by atoms with E-state index >= 15 is 0 Å². The van der Waals surface area contributed by atoms with Crippen LogP contribution in [0.5, 0.6) is 0 Å². The maximum Gasteiger partial charge on any atom is 0.314 e. The number of aromatic nitrogens is 1. The van der Waals surface area contributed by atoms with Crippen molar-refractivity contribution < 1.29 is 9.90 Å². The van der Waals surface area contributed by atoms with Crippen LogP contribution in [0.15, 0.2) is 6.07 Å². The van der Waals surface area contributed by atoms with Crippen molar-refractivity contribution in [1.29, 1.82) is 0 Å². The number of aliphatic carboxylic acids is 1. The fourth-order valence-electron chi connectivity index (χ4n) is 0.764. The van der Waals surface area contributed by atoms with Crippen LogP contribution >= 0.6 is 11.5 Å². The van der Waals surface area contributed by atoms with Crippen molar-refractivity contribution in [3.63, 3.8) is 0 Å². The van der Waals surface area contributed by atoms with Gasteiger partial charge in [-0.2, -0.15) is 4.37 Å². The number of nitrogens with zero attached hydrogens (tertiary/aromatic N) is 1. The summed E-state index contributed by atoms with van der Waals surface area (Å²) in [6.07, 6.45) is 0. The maximum atomic E-state index is 10.8. The lowest BCUT2D eigenvalue weighted by atomic mass is 9.92. The first-order valence-corrected chi connectivity index (χ1v) is 4.39. The van der Waals surface area contributed by atoms with Gasteiger partial charge in [0.1, 0.15) is 0 Å². The lowest BCUT2D eigenvalue weighted by Crippen LogP contribution is -2.27. The summed E-state index contributed by atoms with van der Waals surface area (Å²) in [6.45, 7) is 5.22. The van der Waals surface area contributed by atoms with E-state index < -0.39 is 11.4 Å². The van der Waals surface area contributed by atoms with Crippen LogP contribution in [0.2, 0.25) is 0 Å². The molecule has 0 bridgehead atoms. The first kappa shape index (κ1) is 9.19. The molecule has 0 aromatic carbocycles. The van der Waals surface area contributed by atoms with Gasteiger partial charge < -0.3 is 5.11 Å². The summed E-state index contributed by atoms with van der Waals surface area (Å²) in [5.41, 5.74) is 0.0654.